The SMILES string of the molecule is Cc1ccccc1Cc1nc(-c2ccc(C#N)cc2)cs1. The van der Waals surface area contributed by atoms with E-state index in [1.165, 1.54) is 11.1 Å². The molecule has 0 amide bonds. The van der Waals surface area contributed by atoms with Gasteiger partial charge < -0.3 is 0 Å². The highest BCUT2D eigenvalue weighted by atomic mass is 32.1. The van der Waals surface area contributed by atoms with Gasteiger partial charge in [0, 0.05) is 17.4 Å². The van der Waals surface area contributed by atoms with Crippen molar-refractivity contribution in [3.63, 3.8) is 0 Å². The second-order valence-electron chi connectivity index (χ2n) is 4.92. The van der Waals surface area contributed by atoms with Crippen molar-refractivity contribution in [3.8, 4) is 17.3 Å². The van der Waals surface area contributed by atoms with Gasteiger partial charge in [-0.05, 0) is 30.2 Å². The first kappa shape index (κ1) is 13.5. The van der Waals surface area contributed by atoms with Crippen LogP contribution < -0.4 is 0 Å². The van der Waals surface area contributed by atoms with Gasteiger partial charge in [0.05, 0.1) is 22.3 Å². The Bertz CT molecular complexity index is 795. The average molecular weight is 290 g/mol. The van der Waals surface area contributed by atoms with Crippen molar-refractivity contribution in [2.45, 2.75) is 13.3 Å². The van der Waals surface area contributed by atoms with Crippen LogP contribution in [0.2, 0.25) is 0 Å². The molecule has 0 aliphatic carbocycles. The van der Waals surface area contributed by atoms with Gasteiger partial charge in [0.2, 0.25) is 0 Å². The summed E-state index contributed by atoms with van der Waals surface area (Å²) in [6, 6.07) is 18.1. The summed E-state index contributed by atoms with van der Waals surface area (Å²) in [5.74, 6) is 0. The van der Waals surface area contributed by atoms with Gasteiger partial charge in [0.25, 0.3) is 0 Å². The van der Waals surface area contributed by atoms with Crippen molar-refractivity contribution in [3.05, 3.63) is 75.6 Å². The molecule has 1 aromatic heterocycles. The van der Waals surface area contributed by atoms with Crippen LogP contribution in [0.4, 0.5) is 0 Å². The molecule has 3 rings (SSSR count). The van der Waals surface area contributed by atoms with Crippen LogP contribution in [-0.2, 0) is 6.42 Å². The third-order valence-electron chi connectivity index (χ3n) is 3.46. The molecule has 0 N–H and O–H groups in total. The Kier molecular flexibility index (Phi) is 3.81. The van der Waals surface area contributed by atoms with E-state index in [1.807, 2.05) is 24.3 Å². The zero-order valence-corrected chi connectivity index (χ0v) is 12.5. The molecule has 21 heavy (non-hydrogen) atoms. The maximum atomic E-state index is 8.83. The highest BCUT2D eigenvalue weighted by molar-refractivity contribution is 7.10. The Morgan fingerprint density at radius 2 is 1.86 bits per heavy atom. The number of hydrogen-bond acceptors (Lipinski definition) is 3. The first-order chi connectivity index (χ1) is 10.3. The number of aryl methyl sites for hydroxylation is 1. The zero-order valence-electron chi connectivity index (χ0n) is 11.7. The minimum atomic E-state index is 0.675. The fraction of sp³-hybridized carbons (Fsp3) is 0.111. The molecule has 2 aromatic carbocycles. The van der Waals surface area contributed by atoms with Crippen LogP contribution in [0.15, 0.2) is 53.9 Å². The lowest BCUT2D eigenvalue weighted by Gasteiger charge is -2.02. The van der Waals surface area contributed by atoms with E-state index < -0.39 is 0 Å². The van der Waals surface area contributed by atoms with Gasteiger partial charge in [0.1, 0.15) is 0 Å². The number of hydrogen-bond donors (Lipinski definition) is 0. The van der Waals surface area contributed by atoms with E-state index in [2.05, 4.69) is 42.6 Å². The maximum Gasteiger partial charge on any atom is 0.0991 e. The molecular weight excluding hydrogens is 276 g/mol. The van der Waals surface area contributed by atoms with Crippen molar-refractivity contribution in [1.29, 1.82) is 5.26 Å². The smallest absolute Gasteiger partial charge is 0.0991 e. The number of benzene rings is 2. The molecule has 102 valence electrons. The predicted octanol–water partition coefficient (Wildman–Crippen LogP) is 4.58. The minimum absolute atomic E-state index is 0.675. The summed E-state index contributed by atoms with van der Waals surface area (Å²) < 4.78 is 0. The topological polar surface area (TPSA) is 36.7 Å². The van der Waals surface area contributed by atoms with Crippen molar-refractivity contribution in [2.75, 3.05) is 0 Å². The molecule has 0 aliphatic heterocycles. The average Bonchev–Trinajstić information content (AvgIpc) is 2.98. The summed E-state index contributed by atoms with van der Waals surface area (Å²) in [6.45, 7) is 2.13. The van der Waals surface area contributed by atoms with Crippen molar-refractivity contribution < 1.29 is 0 Å². The Morgan fingerprint density at radius 3 is 2.57 bits per heavy atom. The highest BCUT2D eigenvalue weighted by Crippen LogP contribution is 2.24. The summed E-state index contributed by atoms with van der Waals surface area (Å²) in [6.07, 6.45) is 0.869. The van der Waals surface area contributed by atoms with Crippen molar-refractivity contribution in [2.24, 2.45) is 0 Å². The standard InChI is InChI=1S/C18H14N2S/c1-13-4-2-3-5-16(13)10-18-20-17(12-21-18)15-8-6-14(11-19)7-9-15/h2-9,12H,10H2,1H3. The van der Waals surface area contributed by atoms with Crippen molar-refractivity contribution in [1.82, 2.24) is 4.98 Å². The molecule has 0 aliphatic rings. The summed E-state index contributed by atoms with van der Waals surface area (Å²) >= 11 is 1.68. The minimum Gasteiger partial charge on any atom is -0.241 e. The van der Waals surface area contributed by atoms with Gasteiger partial charge in [-0.3, -0.25) is 0 Å². The van der Waals surface area contributed by atoms with E-state index >= 15 is 0 Å². The quantitative estimate of drug-likeness (QED) is 0.708. The van der Waals surface area contributed by atoms with Crippen LogP contribution in [0.5, 0.6) is 0 Å². The van der Waals surface area contributed by atoms with Crippen LogP contribution in [0, 0.1) is 18.3 Å². The second-order valence-corrected chi connectivity index (χ2v) is 5.86. The van der Waals surface area contributed by atoms with Crippen molar-refractivity contribution >= 4 is 11.3 Å². The number of nitriles is 1. The zero-order chi connectivity index (χ0) is 14.7. The summed E-state index contributed by atoms with van der Waals surface area (Å²) in [7, 11) is 0. The Hall–Kier alpha value is -2.44. The molecule has 0 spiro atoms. The van der Waals surface area contributed by atoms with Gasteiger partial charge in [-0.15, -0.1) is 11.3 Å². The fourth-order valence-electron chi connectivity index (χ4n) is 2.21. The molecule has 0 saturated carbocycles. The predicted molar refractivity (Wildman–Crippen MR) is 86.3 cm³/mol. The third-order valence-corrected chi connectivity index (χ3v) is 4.31. The lowest BCUT2D eigenvalue weighted by Crippen LogP contribution is -1.90. The largest absolute Gasteiger partial charge is 0.241 e. The van der Waals surface area contributed by atoms with E-state index in [1.54, 1.807) is 11.3 Å². The Balaban J connectivity index is 1.83. The van der Waals surface area contributed by atoms with Crippen LogP contribution in [0.1, 0.15) is 21.7 Å². The van der Waals surface area contributed by atoms with Gasteiger partial charge in [-0.25, -0.2) is 4.98 Å². The fourth-order valence-corrected chi connectivity index (χ4v) is 3.04. The second kappa shape index (κ2) is 5.90. The maximum absolute atomic E-state index is 8.83. The van der Waals surface area contributed by atoms with Gasteiger partial charge in [-0.2, -0.15) is 5.26 Å². The normalized spacial score (nSPS) is 10.3. The summed E-state index contributed by atoms with van der Waals surface area (Å²) in [5.41, 5.74) is 5.33. The van der Waals surface area contributed by atoms with E-state index in [9.17, 15) is 0 Å². The molecule has 3 heteroatoms. The lowest BCUT2D eigenvalue weighted by molar-refractivity contribution is 1.12. The van der Waals surface area contributed by atoms with Gasteiger partial charge >= 0.3 is 0 Å². The molecule has 0 unspecified atom stereocenters. The van der Waals surface area contributed by atoms with E-state index in [-0.39, 0.29) is 0 Å². The number of thiazole rings is 1. The molecule has 0 atom stereocenters. The van der Waals surface area contributed by atoms with Crippen LogP contribution in [0.3, 0.4) is 0 Å². The summed E-state index contributed by atoms with van der Waals surface area (Å²) in [5, 5.41) is 12.0. The van der Waals surface area contributed by atoms with E-state index in [0.717, 1.165) is 22.7 Å². The van der Waals surface area contributed by atoms with Crippen LogP contribution in [-0.4, -0.2) is 4.98 Å². The molecule has 0 bridgehead atoms. The first-order valence-corrected chi connectivity index (χ1v) is 7.63. The highest BCUT2D eigenvalue weighted by Gasteiger charge is 2.06. The molecule has 2 nitrogen and oxygen atoms in total. The monoisotopic (exact) mass is 290 g/mol. The Labute approximate surface area is 128 Å². The number of aromatic nitrogens is 1. The molecule has 0 fully saturated rings. The Morgan fingerprint density at radius 1 is 1.10 bits per heavy atom. The molecule has 3 aromatic rings. The molecular formula is C18H14N2S. The first-order valence-electron chi connectivity index (χ1n) is 6.76. The number of rotatable bonds is 3. The molecule has 0 saturated heterocycles. The third kappa shape index (κ3) is 3.01. The number of nitrogens with zero attached hydrogens (tertiary/aromatic N) is 2. The van der Waals surface area contributed by atoms with E-state index in [4.69, 9.17) is 10.2 Å². The van der Waals surface area contributed by atoms with Gasteiger partial charge in [-0.1, -0.05) is 36.4 Å². The summed E-state index contributed by atoms with van der Waals surface area (Å²) in [4.78, 5) is 4.71. The molecule has 1 heterocycles. The lowest BCUT2D eigenvalue weighted by atomic mass is 10.1. The van der Waals surface area contributed by atoms with Crippen LogP contribution in [0.25, 0.3) is 11.3 Å². The molecule has 0 radical (unpaired) electrons. The van der Waals surface area contributed by atoms with E-state index in [0.29, 0.717) is 5.56 Å². The van der Waals surface area contributed by atoms with Gasteiger partial charge in [0.15, 0.2) is 0 Å². The van der Waals surface area contributed by atoms with Crippen LogP contribution >= 0.6 is 11.3 Å².